The molecule has 28 heavy (non-hydrogen) atoms. The Kier molecular flexibility index (Phi) is 6.65. The molecule has 1 aliphatic heterocycles. The zero-order valence-corrected chi connectivity index (χ0v) is 17.5. The topological polar surface area (TPSA) is 130 Å². The number of sulfonamides is 1. The molecule has 0 saturated carbocycles. The Bertz CT molecular complexity index is 990. The minimum atomic E-state index is -3.75. The average Bonchev–Trinajstić information content (AvgIpc) is 3.08. The number of carbonyl (C=O) groups excluding carboxylic acids is 2. The Morgan fingerprint density at radius 2 is 2.14 bits per heavy atom. The molecule has 0 saturated heterocycles. The molecule has 0 bridgehead atoms. The van der Waals surface area contributed by atoms with Gasteiger partial charge in [0.2, 0.25) is 27.0 Å². The summed E-state index contributed by atoms with van der Waals surface area (Å²) < 4.78 is 28.1. The monoisotopic (exact) mass is 441 g/mol. The maximum absolute atomic E-state index is 12.4. The van der Waals surface area contributed by atoms with Crippen LogP contribution in [0.3, 0.4) is 0 Å². The quantitative estimate of drug-likeness (QED) is 0.421. The molecule has 0 aliphatic carbocycles. The van der Waals surface area contributed by atoms with Gasteiger partial charge < -0.3 is 10.6 Å². The summed E-state index contributed by atoms with van der Waals surface area (Å²) in [5, 5.41) is 13.5. The van der Waals surface area contributed by atoms with Gasteiger partial charge in [0.15, 0.2) is 4.34 Å². The molecule has 0 spiro atoms. The summed E-state index contributed by atoms with van der Waals surface area (Å²) in [4.78, 5) is 23.5. The van der Waals surface area contributed by atoms with E-state index in [1.54, 1.807) is 12.1 Å². The number of amides is 2. The Morgan fingerprint density at radius 1 is 1.32 bits per heavy atom. The van der Waals surface area contributed by atoms with Crippen LogP contribution in [0, 0.1) is 0 Å². The molecule has 0 radical (unpaired) electrons. The van der Waals surface area contributed by atoms with E-state index in [1.807, 2.05) is 6.92 Å². The van der Waals surface area contributed by atoms with Crippen molar-refractivity contribution in [3.63, 3.8) is 0 Å². The Morgan fingerprint density at radius 3 is 2.93 bits per heavy atom. The highest BCUT2D eigenvalue weighted by atomic mass is 32.2. The van der Waals surface area contributed by atoms with Crippen LogP contribution >= 0.6 is 23.1 Å². The number of nitrogens with one attached hydrogen (secondary N) is 3. The van der Waals surface area contributed by atoms with Crippen molar-refractivity contribution in [2.75, 3.05) is 22.9 Å². The first-order valence-electron chi connectivity index (χ1n) is 8.56. The summed E-state index contributed by atoms with van der Waals surface area (Å²) in [6.07, 6.45) is 0.789. The second-order valence-corrected chi connectivity index (χ2v) is 10.1. The smallest absolute Gasteiger partial charge is 0.240 e. The van der Waals surface area contributed by atoms with Crippen molar-refractivity contribution >= 4 is 55.8 Å². The minimum Gasteiger partial charge on any atom is -0.326 e. The van der Waals surface area contributed by atoms with Crippen LogP contribution in [-0.4, -0.2) is 42.7 Å². The fraction of sp³-hybridized carbons (Fsp3) is 0.375. The summed E-state index contributed by atoms with van der Waals surface area (Å²) in [6.45, 7) is 1.95. The van der Waals surface area contributed by atoms with E-state index in [4.69, 9.17) is 0 Å². The molecular formula is C16H19N5O4S3. The molecule has 3 N–H and O–H groups in total. The fourth-order valence-electron chi connectivity index (χ4n) is 2.53. The van der Waals surface area contributed by atoms with Gasteiger partial charge >= 0.3 is 0 Å². The van der Waals surface area contributed by atoms with Gasteiger partial charge in [0.25, 0.3) is 0 Å². The van der Waals surface area contributed by atoms with Gasteiger partial charge in [0.1, 0.15) is 0 Å². The van der Waals surface area contributed by atoms with Crippen molar-refractivity contribution in [1.29, 1.82) is 0 Å². The molecule has 150 valence electrons. The molecule has 2 aromatic rings. The Hall–Kier alpha value is -2.02. The summed E-state index contributed by atoms with van der Waals surface area (Å²) in [5.74, 6) is 0.433. The van der Waals surface area contributed by atoms with E-state index < -0.39 is 10.0 Å². The number of hydrogen-bond acceptors (Lipinski definition) is 8. The molecule has 12 heteroatoms. The Labute approximate surface area is 170 Å². The molecule has 9 nitrogen and oxygen atoms in total. The maximum atomic E-state index is 12.4. The van der Waals surface area contributed by atoms with Gasteiger partial charge in [-0.1, -0.05) is 30.0 Å². The van der Waals surface area contributed by atoms with Crippen LogP contribution < -0.4 is 15.4 Å². The standard InChI is InChI=1S/C16H19N5O4S3/c1-2-26-16-21-20-15(27-16)19-14(23)7-8-17-28(24,25)11-4-5-12-10(9-11)3-6-13(22)18-12/h4-5,9,17H,2-3,6-8H2,1H3,(H,18,22)(H,19,20,23). The lowest BCUT2D eigenvalue weighted by molar-refractivity contribution is -0.117. The molecule has 1 aliphatic rings. The van der Waals surface area contributed by atoms with E-state index in [0.29, 0.717) is 23.7 Å². The predicted molar refractivity (Wildman–Crippen MR) is 108 cm³/mol. The van der Waals surface area contributed by atoms with E-state index in [2.05, 4.69) is 25.6 Å². The number of carbonyl (C=O) groups is 2. The van der Waals surface area contributed by atoms with E-state index >= 15 is 0 Å². The number of anilines is 2. The third kappa shape index (κ3) is 5.28. The summed E-state index contributed by atoms with van der Waals surface area (Å²) >= 11 is 2.81. The van der Waals surface area contributed by atoms with Gasteiger partial charge in [-0.3, -0.25) is 9.59 Å². The zero-order valence-electron chi connectivity index (χ0n) is 15.0. The van der Waals surface area contributed by atoms with Crippen molar-refractivity contribution in [2.24, 2.45) is 0 Å². The van der Waals surface area contributed by atoms with E-state index in [0.717, 1.165) is 15.7 Å². The van der Waals surface area contributed by atoms with Crippen molar-refractivity contribution in [1.82, 2.24) is 14.9 Å². The zero-order chi connectivity index (χ0) is 20.1. The summed E-state index contributed by atoms with van der Waals surface area (Å²) in [6, 6.07) is 4.56. The number of aromatic nitrogens is 2. The Balaban J connectivity index is 1.53. The van der Waals surface area contributed by atoms with Crippen molar-refractivity contribution in [3.8, 4) is 0 Å². The van der Waals surface area contributed by atoms with Crippen LogP contribution in [0.25, 0.3) is 0 Å². The van der Waals surface area contributed by atoms with Gasteiger partial charge in [-0.15, -0.1) is 10.2 Å². The molecule has 0 unspecified atom stereocenters. The van der Waals surface area contributed by atoms with Crippen molar-refractivity contribution in [3.05, 3.63) is 23.8 Å². The van der Waals surface area contributed by atoms with E-state index in [1.165, 1.54) is 29.2 Å². The SMILES string of the molecule is CCSc1nnc(NC(=O)CCNS(=O)(=O)c2ccc3c(c2)CCC(=O)N3)s1. The molecule has 2 amide bonds. The van der Waals surface area contributed by atoms with E-state index in [-0.39, 0.29) is 29.7 Å². The van der Waals surface area contributed by atoms with Gasteiger partial charge in [-0.2, -0.15) is 0 Å². The number of aryl methyl sites for hydroxylation is 1. The third-order valence-corrected chi connectivity index (χ3v) is 7.16. The van der Waals surface area contributed by atoms with Gasteiger partial charge in [-0.25, -0.2) is 13.1 Å². The number of nitrogens with zero attached hydrogens (tertiary/aromatic N) is 2. The lowest BCUT2D eigenvalue weighted by Gasteiger charge is -2.17. The second kappa shape index (κ2) is 8.99. The van der Waals surface area contributed by atoms with Crippen LogP contribution in [0.2, 0.25) is 0 Å². The van der Waals surface area contributed by atoms with Crippen LogP contribution in [-0.2, 0) is 26.0 Å². The largest absolute Gasteiger partial charge is 0.326 e. The number of rotatable bonds is 8. The molecule has 2 heterocycles. The summed E-state index contributed by atoms with van der Waals surface area (Å²) in [7, 11) is -3.75. The third-order valence-electron chi connectivity index (χ3n) is 3.85. The number of thioether (sulfide) groups is 1. The fourth-order valence-corrected chi connectivity index (χ4v) is 5.28. The first-order valence-corrected chi connectivity index (χ1v) is 11.8. The maximum Gasteiger partial charge on any atom is 0.240 e. The highest BCUT2D eigenvalue weighted by Gasteiger charge is 2.20. The average molecular weight is 442 g/mol. The van der Waals surface area contributed by atoms with Gasteiger partial charge in [-0.05, 0) is 35.9 Å². The molecule has 0 fully saturated rings. The van der Waals surface area contributed by atoms with Crippen molar-refractivity contribution < 1.29 is 18.0 Å². The van der Waals surface area contributed by atoms with E-state index in [9.17, 15) is 18.0 Å². The van der Waals surface area contributed by atoms with Crippen molar-refractivity contribution in [2.45, 2.75) is 35.4 Å². The first kappa shape index (κ1) is 20.7. The highest BCUT2D eigenvalue weighted by Crippen LogP contribution is 2.26. The minimum absolute atomic E-state index is 0.0317. The molecule has 0 atom stereocenters. The number of benzene rings is 1. The van der Waals surface area contributed by atoms with Gasteiger partial charge in [0, 0.05) is 25.1 Å². The molecular weight excluding hydrogens is 422 g/mol. The highest BCUT2D eigenvalue weighted by molar-refractivity contribution is 8.01. The molecule has 3 rings (SSSR count). The number of fused-ring (bicyclic) bond motifs is 1. The lowest BCUT2D eigenvalue weighted by atomic mass is 10.0. The van der Waals surface area contributed by atoms with Crippen LogP contribution in [0.4, 0.5) is 10.8 Å². The number of hydrogen-bond donors (Lipinski definition) is 3. The van der Waals surface area contributed by atoms with Gasteiger partial charge in [0.05, 0.1) is 4.90 Å². The first-order chi connectivity index (χ1) is 13.4. The molecule has 1 aromatic carbocycles. The predicted octanol–water partition coefficient (Wildman–Crippen LogP) is 1.84. The molecule has 1 aromatic heterocycles. The normalized spacial score (nSPS) is 13.7. The van der Waals surface area contributed by atoms with Crippen LogP contribution in [0.15, 0.2) is 27.4 Å². The second-order valence-electron chi connectivity index (χ2n) is 5.87. The lowest BCUT2D eigenvalue weighted by Crippen LogP contribution is -2.28. The van der Waals surface area contributed by atoms with Crippen LogP contribution in [0.5, 0.6) is 0 Å². The summed E-state index contributed by atoms with van der Waals surface area (Å²) in [5.41, 5.74) is 1.41. The van der Waals surface area contributed by atoms with Crippen LogP contribution in [0.1, 0.15) is 25.3 Å².